The Labute approximate surface area is 238 Å². The van der Waals surface area contributed by atoms with Crippen LogP contribution in [0, 0.1) is 6.92 Å². The Morgan fingerprint density at radius 1 is 0.925 bits per heavy atom. The topological polar surface area (TPSA) is 87.0 Å². The van der Waals surface area contributed by atoms with Crippen molar-refractivity contribution in [3.63, 3.8) is 0 Å². The van der Waals surface area contributed by atoms with E-state index in [1.807, 2.05) is 67.4 Å². The number of hydrogen-bond donors (Lipinski definition) is 1. The second-order valence-electron chi connectivity index (χ2n) is 9.56. The second-order valence-corrected chi connectivity index (χ2v) is 11.6. The number of para-hydroxylation sites is 1. The zero-order chi connectivity index (χ0) is 28.1. The van der Waals surface area contributed by atoms with E-state index in [9.17, 15) is 14.4 Å². The number of nitrogens with zero attached hydrogens (tertiary/aromatic N) is 4. The fourth-order valence-corrected chi connectivity index (χ4v) is 7.30. The Hall–Kier alpha value is -4.41. The average molecular weight is 568 g/mol. The van der Waals surface area contributed by atoms with Crippen LogP contribution in [0.25, 0.3) is 16.3 Å². The van der Waals surface area contributed by atoms with Gasteiger partial charge in [-0.05, 0) is 56.3 Å². The van der Waals surface area contributed by atoms with Gasteiger partial charge in [-0.2, -0.15) is 10.1 Å². The number of hydrazone groups is 1. The highest BCUT2D eigenvalue weighted by Gasteiger charge is 2.32. The van der Waals surface area contributed by atoms with Crippen LogP contribution >= 0.6 is 23.1 Å². The van der Waals surface area contributed by atoms with Crippen LogP contribution in [-0.2, 0) is 9.59 Å². The van der Waals surface area contributed by atoms with Crippen LogP contribution in [0.2, 0.25) is 0 Å². The number of thioether (sulfide) groups is 1. The first-order chi connectivity index (χ1) is 19.2. The Bertz CT molecular complexity index is 1920. The van der Waals surface area contributed by atoms with Gasteiger partial charge < -0.3 is 10.2 Å². The summed E-state index contributed by atoms with van der Waals surface area (Å²) in [4.78, 5) is 42.7. The predicted octanol–water partition coefficient (Wildman–Crippen LogP) is 4.05. The first-order valence-corrected chi connectivity index (χ1v) is 14.2. The molecule has 1 N–H and O–H groups in total. The summed E-state index contributed by atoms with van der Waals surface area (Å²) in [5, 5.41) is 9.45. The number of benzene rings is 3. The normalized spacial score (nSPS) is 17.3. The molecular formula is C30H25N5O3S2. The van der Waals surface area contributed by atoms with Crippen molar-refractivity contribution in [3.05, 3.63) is 97.9 Å². The van der Waals surface area contributed by atoms with E-state index in [4.69, 9.17) is 0 Å². The molecule has 8 nitrogen and oxygen atoms in total. The predicted molar refractivity (Wildman–Crippen MR) is 163 cm³/mol. The molecule has 0 bridgehead atoms. The maximum Gasteiger partial charge on any atom is 0.283 e. The molecule has 0 saturated carbocycles. The van der Waals surface area contributed by atoms with E-state index in [2.05, 4.69) is 10.4 Å². The van der Waals surface area contributed by atoms with Gasteiger partial charge in [0.2, 0.25) is 5.91 Å². The fourth-order valence-electron chi connectivity index (χ4n) is 4.75. The first kappa shape index (κ1) is 25.8. The molecule has 0 fully saturated rings. The van der Waals surface area contributed by atoms with Gasteiger partial charge in [0.05, 0.1) is 28.3 Å². The van der Waals surface area contributed by atoms with Gasteiger partial charge in [-0.15, -0.1) is 11.3 Å². The number of anilines is 3. The number of carbonyl (C=O) groups excluding carboxylic acids is 2. The van der Waals surface area contributed by atoms with E-state index in [-0.39, 0.29) is 17.4 Å². The Balaban J connectivity index is 1.58. The summed E-state index contributed by atoms with van der Waals surface area (Å²) < 4.78 is 2.69. The third-order valence-electron chi connectivity index (χ3n) is 6.67. The Kier molecular flexibility index (Phi) is 6.44. The SMILES string of the molecule is CC(=O)Nc1cccc(N2N=C(C)C(=c3sc(=C4Sc5ccccc5N4C)c(=O)n3-c3ccc(C)cc3)C2=O)c1. The number of rotatable bonds is 3. The Morgan fingerprint density at radius 3 is 2.40 bits per heavy atom. The molecule has 6 rings (SSSR count). The second kappa shape index (κ2) is 9.96. The Morgan fingerprint density at radius 2 is 1.68 bits per heavy atom. The van der Waals surface area contributed by atoms with Crippen LogP contribution in [-0.4, -0.2) is 29.1 Å². The average Bonchev–Trinajstić information content (AvgIpc) is 3.54. The van der Waals surface area contributed by atoms with Crippen LogP contribution in [0.3, 0.4) is 0 Å². The van der Waals surface area contributed by atoms with Crippen LogP contribution in [0.1, 0.15) is 19.4 Å². The minimum absolute atomic E-state index is 0.190. The molecule has 4 aromatic rings. The van der Waals surface area contributed by atoms with Gasteiger partial charge in [0.1, 0.15) is 14.2 Å². The largest absolute Gasteiger partial charge is 0.337 e. The number of aryl methyl sites for hydroxylation is 1. The quantitative estimate of drug-likeness (QED) is 0.404. The smallest absolute Gasteiger partial charge is 0.283 e. The van der Waals surface area contributed by atoms with Crippen LogP contribution < -0.4 is 30.0 Å². The van der Waals surface area contributed by atoms with E-state index in [1.54, 1.807) is 47.5 Å². The summed E-state index contributed by atoms with van der Waals surface area (Å²) in [6, 6.07) is 22.7. The van der Waals surface area contributed by atoms with E-state index in [0.29, 0.717) is 37.5 Å². The molecule has 0 unspecified atom stereocenters. The fraction of sp³-hybridized carbons (Fsp3) is 0.133. The molecule has 0 aliphatic carbocycles. The minimum Gasteiger partial charge on any atom is -0.337 e. The van der Waals surface area contributed by atoms with Crippen molar-refractivity contribution < 1.29 is 9.59 Å². The zero-order valence-electron chi connectivity index (χ0n) is 22.3. The van der Waals surface area contributed by atoms with Crippen molar-refractivity contribution in [2.45, 2.75) is 25.7 Å². The molecule has 2 aliphatic heterocycles. The molecule has 2 amide bonds. The molecule has 0 radical (unpaired) electrons. The van der Waals surface area contributed by atoms with Crippen molar-refractivity contribution in [1.29, 1.82) is 0 Å². The van der Waals surface area contributed by atoms with Gasteiger partial charge >= 0.3 is 0 Å². The standard InChI is InChI=1S/C30H25N5O3S2/c1-17-12-14-21(15-13-17)34-28(38)26(30-33(4)23-10-5-6-11-24(23)39-30)40-29(34)25-18(2)32-35(27(25)37)22-9-7-8-20(16-22)31-19(3)36/h5-16H,1-4H3,(H,31,36). The van der Waals surface area contributed by atoms with Crippen LogP contribution in [0.5, 0.6) is 0 Å². The molecule has 40 heavy (non-hydrogen) atoms. The highest BCUT2D eigenvalue weighted by Crippen LogP contribution is 2.45. The van der Waals surface area contributed by atoms with Crippen molar-refractivity contribution >= 4 is 68.3 Å². The molecule has 0 spiro atoms. The van der Waals surface area contributed by atoms with Gasteiger partial charge in [-0.25, -0.2) is 0 Å². The number of aromatic nitrogens is 1. The van der Waals surface area contributed by atoms with E-state index in [1.165, 1.54) is 23.3 Å². The van der Waals surface area contributed by atoms with Gasteiger partial charge in [0, 0.05) is 24.6 Å². The maximum atomic E-state index is 14.1. The van der Waals surface area contributed by atoms with E-state index in [0.717, 1.165) is 21.2 Å². The van der Waals surface area contributed by atoms with Crippen LogP contribution in [0.15, 0.2) is 87.6 Å². The molecule has 3 heterocycles. The van der Waals surface area contributed by atoms with E-state index < -0.39 is 0 Å². The molecular weight excluding hydrogens is 542 g/mol. The van der Waals surface area contributed by atoms with Gasteiger partial charge in [0.25, 0.3) is 11.5 Å². The van der Waals surface area contributed by atoms with Crippen molar-refractivity contribution in [2.75, 3.05) is 22.3 Å². The third kappa shape index (κ3) is 4.35. The summed E-state index contributed by atoms with van der Waals surface area (Å²) >= 11 is 2.85. The van der Waals surface area contributed by atoms with Crippen molar-refractivity contribution in [3.8, 4) is 5.69 Å². The summed E-state index contributed by atoms with van der Waals surface area (Å²) in [7, 11) is 1.95. The molecule has 3 aromatic carbocycles. The lowest BCUT2D eigenvalue weighted by atomic mass is 10.2. The maximum absolute atomic E-state index is 14.1. The lowest BCUT2D eigenvalue weighted by molar-refractivity contribution is -0.114. The summed E-state index contributed by atoms with van der Waals surface area (Å²) in [5.74, 6) is -0.550. The molecule has 200 valence electrons. The van der Waals surface area contributed by atoms with Gasteiger partial charge in [-0.3, -0.25) is 19.0 Å². The van der Waals surface area contributed by atoms with Crippen molar-refractivity contribution in [1.82, 2.24) is 4.57 Å². The van der Waals surface area contributed by atoms with Gasteiger partial charge in [-0.1, -0.05) is 47.7 Å². The zero-order valence-corrected chi connectivity index (χ0v) is 23.9. The minimum atomic E-state index is -0.341. The molecule has 0 saturated heterocycles. The number of hydrogen-bond acceptors (Lipinski definition) is 7. The number of thiazole rings is 1. The molecule has 0 atom stereocenters. The highest BCUT2D eigenvalue weighted by molar-refractivity contribution is 8.08. The molecule has 10 heteroatoms. The monoisotopic (exact) mass is 567 g/mol. The number of fused-ring (bicyclic) bond motifs is 1. The number of amides is 2. The summed E-state index contributed by atoms with van der Waals surface area (Å²) in [6.45, 7) is 5.19. The third-order valence-corrected chi connectivity index (χ3v) is 9.18. The number of carbonyl (C=O) groups is 2. The number of nitrogens with one attached hydrogen (secondary N) is 1. The van der Waals surface area contributed by atoms with Gasteiger partial charge in [0.15, 0.2) is 0 Å². The summed E-state index contributed by atoms with van der Waals surface area (Å²) in [6.07, 6.45) is 0. The summed E-state index contributed by atoms with van der Waals surface area (Å²) in [5.41, 5.74) is 4.53. The first-order valence-electron chi connectivity index (χ1n) is 12.6. The molecule has 2 aliphatic rings. The van der Waals surface area contributed by atoms with E-state index >= 15 is 0 Å². The lowest BCUT2D eigenvalue weighted by Crippen LogP contribution is -2.34. The highest BCUT2D eigenvalue weighted by atomic mass is 32.2. The van der Waals surface area contributed by atoms with Crippen LogP contribution in [0.4, 0.5) is 17.1 Å². The lowest BCUT2D eigenvalue weighted by Gasteiger charge is -2.13. The molecule has 1 aromatic heterocycles. The van der Waals surface area contributed by atoms with Crippen molar-refractivity contribution in [2.24, 2.45) is 5.10 Å².